The van der Waals surface area contributed by atoms with E-state index in [0.29, 0.717) is 17.0 Å². The molecule has 0 aliphatic heterocycles. The van der Waals surface area contributed by atoms with Crippen LogP contribution in [0.1, 0.15) is 17.3 Å². The number of halogens is 1. The molecule has 0 bridgehead atoms. The van der Waals surface area contributed by atoms with Crippen LogP contribution in [0.3, 0.4) is 0 Å². The molecule has 94 valence electrons. The molecule has 0 fully saturated rings. The number of nitrogen functional groups attached to an aromatic ring is 1. The van der Waals surface area contributed by atoms with Crippen molar-refractivity contribution >= 4 is 38.3 Å². The average Bonchev–Trinajstić information content (AvgIpc) is 2.14. The Morgan fingerprint density at radius 3 is 2.71 bits per heavy atom. The van der Waals surface area contributed by atoms with Gasteiger partial charge in [0.2, 0.25) is 0 Å². The summed E-state index contributed by atoms with van der Waals surface area (Å²) in [6, 6.07) is 4.90. The van der Waals surface area contributed by atoms with Crippen molar-refractivity contribution in [2.75, 3.05) is 17.7 Å². The zero-order valence-corrected chi connectivity index (χ0v) is 12.1. The number of nitrogens with one attached hydrogen (secondary N) is 1. The highest BCUT2D eigenvalue weighted by Crippen LogP contribution is 2.17. The zero-order valence-electron chi connectivity index (χ0n) is 9.70. The van der Waals surface area contributed by atoms with Gasteiger partial charge in [0.25, 0.3) is 5.91 Å². The minimum absolute atomic E-state index is 0.131. The van der Waals surface area contributed by atoms with Crippen molar-refractivity contribution in [2.24, 2.45) is 0 Å². The molecule has 0 aliphatic carbocycles. The van der Waals surface area contributed by atoms with Gasteiger partial charge in [-0.05, 0) is 25.1 Å². The molecule has 0 saturated carbocycles. The number of hydrogen-bond donors (Lipinski definition) is 2. The number of carbonyl (C=O) groups is 1. The van der Waals surface area contributed by atoms with Gasteiger partial charge in [-0.15, -0.1) is 0 Å². The fraction of sp³-hybridized carbons (Fsp3) is 0.364. The summed E-state index contributed by atoms with van der Waals surface area (Å²) in [4.78, 5) is 11.9. The maximum absolute atomic E-state index is 11.9. The smallest absolute Gasteiger partial charge is 0.251 e. The molecule has 0 saturated heterocycles. The Hall–Kier alpha value is -0.880. The number of amides is 1. The summed E-state index contributed by atoms with van der Waals surface area (Å²) >= 11 is 3.28. The van der Waals surface area contributed by atoms with Crippen molar-refractivity contribution in [3.05, 3.63) is 28.2 Å². The van der Waals surface area contributed by atoms with Crippen LogP contribution >= 0.6 is 15.9 Å². The van der Waals surface area contributed by atoms with E-state index in [2.05, 4.69) is 21.2 Å². The fourth-order valence-corrected chi connectivity index (χ4v) is 2.74. The third kappa shape index (κ3) is 4.87. The van der Waals surface area contributed by atoms with E-state index in [1.807, 2.05) is 6.92 Å². The van der Waals surface area contributed by atoms with Crippen molar-refractivity contribution in [3.8, 4) is 0 Å². The lowest BCUT2D eigenvalue weighted by atomic mass is 10.2. The predicted molar refractivity (Wildman–Crippen MR) is 74.4 cm³/mol. The third-order valence-electron chi connectivity index (χ3n) is 2.04. The molecule has 1 rings (SSSR count). The molecule has 0 heterocycles. The summed E-state index contributed by atoms with van der Waals surface area (Å²) in [5.74, 6) is 0.228. The van der Waals surface area contributed by atoms with Crippen LogP contribution in [0.15, 0.2) is 22.7 Å². The number of carbonyl (C=O) groups excluding carboxylic acids is 1. The van der Waals surface area contributed by atoms with Crippen LogP contribution in [0.25, 0.3) is 0 Å². The lowest BCUT2D eigenvalue weighted by Crippen LogP contribution is -2.36. The molecule has 6 heteroatoms. The second-order valence-corrected chi connectivity index (χ2v) is 6.28. The molecule has 0 aliphatic rings. The molecule has 2 unspecified atom stereocenters. The van der Waals surface area contributed by atoms with Crippen molar-refractivity contribution in [2.45, 2.75) is 13.0 Å². The Kier molecular flexibility index (Phi) is 5.14. The van der Waals surface area contributed by atoms with Gasteiger partial charge in [0, 0.05) is 44.6 Å². The molecule has 1 amide bonds. The minimum atomic E-state index is -0.926. The van der Waals surface area contributed by atoms with Gasteiger partial charge in [-0.1, -0.05) is 15.9 Å². The standard InChI is InChI=1S/C11H15BrN2O2S/c1-7(6-17(2)16)14-11(15)8-3-9(12)5-10(13)4-8/h3-5,7H,6,13H2,1-2H3,(H,14,15). The summed E-state index contributed by atoms with van der Waals surface area (Å²) in [6.45, 7) is 1.82. The van der Waals surface area contributed by atoms with Crippen LogP contribution in [0.5, 0.6) is 0 Å². The van der Waals surface area contributed by atoms with Crippen LogP contribution in [-0.4, -0.2) is 28.2 Å². The average molecular weight is 319 g/mol. The quantitative estimate of drug-likeness (QED) is 0.827. The molecule has 2 atom stereocenters. The van der Waals surface area contributed by atoms with E-state index in [9.17, 15) is 9.00 Å². The van der Waals surface area contributed by atoms with Gasteiger partial charge in [0.1, 0.15) is 0 Å². The minimum Gasteiger partial charge on any atom is -0.399 e. The molecule has 4 nitrogen and oxygen atoms in total. The van der Waals surface area contributed by atoms with Crippen LogP contribution < -0.4 is 11.1 Å². The van der Waals surface area contributed by atoms with E-state index in [0.717, 1.165) is 4.47 Å². The lowest BCUT2D eigenvalue weighted by molar-refractivity contribution is 0.0943. The van der Waals surface area contributed by atoms with Crippen LogP contribution in [0, 0.1) is 0 Å². The van der Waals surface area contributed by atoms with Crippen LogP contribution in [0.4, 0.5) is 5.69 Å². The van der Waals surface area contributed by atoms with E-state index < -0.39 is 10.8 Å². The number of rotatable bonds is 4. The number of hydrogen-bond acceptors (Lipinski definition) is 3. The topological polar surface area (TPSA) is 72.2 Å². The Morgan fingerprint density at radius 2 is 2.18 bits per heavy atom. The summed E-state index contributed by atoms with van der Waals surface area (Å²) in [5, 5.41) is 2.77. The first-order valence-electron chi connectivity index (χ1n) is 5.05. The molecule has 0 aromatic heterocycles. The van der Waals surface area contributed by atoms with Gasteiger partial charge >= 0.3 is 0 Å². The Bertz CT molecular complexity index is 431. The van der Waals surface area contributed by atoms with E-state index in [1.165, 1.54) is 0 Å². The molecule has 1 aromatic carbocycles. The summed E-state index contributed by atoms with van der Waals surface area (Å²) in [6.07, 6.45) is 1.61. The van der Waals surface area contributed by atoms with Gasteiger partial charge in [-0.25, -0.2) is 0 Å². The van der Waals surface area contributed by atoms with Crippen LogP contribution in [0.2, 0.25) is 0 Å². The monoisotopic (exact) mass is 318 g/mol. The van der Waals surface area contributed by atoms with Gasteiger partial charge in [0.05, 0.1) is 0 Å². The number of benzene rings is 1. The highest BCUT2D eigenvalue weighted by Gasteiger charge is 2.11. The SMILES string of the molecule is CC(CS(C)=O)NC(=O)c1cc(N)cc(Br)c1. The molecule has 0 spiro atoms. The van der Waals surface area contributed by atoms with Gasteiger partial charge in [-0.3, -0.25) is 9.00 Å². The second-order valence-electron chi connectivity index (χ2n) is 3.89. The van der Waals surface area contributed by atoms with Crippen molar-refractivity contribution < 1.29 is 9.00 Å². The molecular weight excluding hydrogens is 304 g/mol. The van der Waals surface area contributed by atoms with E-state index in [4.69, 9.17) is 5.73 Å². The first-order chi connectivity index (χ1) is 7.88. The fourth-order valence-electron chi connectivity index (χ4n) is 1.44. The normalized spacial score (nSPS) is 14.1. The first-order valence-corrected chi connectivity index (χ1v) is 7.57. The van der Waals surface area contributed by atoms with Gasteiger partial charge in [0.15, 0.2) is 0 Å². The van der Waals surface area contributed by atoms with Crippen molar-refractivity contribution in [3.63, 3.8) is 0 Å². The van der Waals surface area contributed by atoms with Crippen molar-refractivity contribution in [1.82, 2.24) is 5.32 Å². The molecule has 1 aromatic rings. The number of nitrogens with two attached hydrogens (primary N) is 1. The highest BCUT2D eigenvalue weighted by molar-refractivity contribution is 9.10. The first kappa shape index (κ1) is 14.2. The van der Waals surface area contributed by atoms with Crippen LogP contribution in [-0.2, 0) is 10.8 Å². The molecular formula is C11H15BrN2O2S. The van der Waals surface area contributed by atoms with Crippen molar-refractivity contribution in [1.29, 1.82) is 0 Å². The zero-order chi connectivity index (χ0) is 13.0. The highest BCUT2D eigenvalue weighted by atomic mass is 79.9. The molecule has 3 N–H and O–H groups in total. The summed E-state index contributed by atoms with van der Waals surface area (Å²) < 4.78 is 11.8. The molecule has 17 heavy (non-hydrogen) atoms. The lowest BCUT2D eigenvalue weighted by Gasteiger charge is -2.12. The van der Waals surface area contributed by atoms with E-state index in [-0.39, 0.29) is 11.9 Å². The Balaban J connectivity index is 2.72. The summed E-state index contributed by atoms with van der Waals surface area (Å²) in [5.41, 5.74) is 6.67. The Morgan fingerprint density at radius 1 is 1.53 bits per heavy atom. The Labute approximate surface area is 112 Å². The third-order valence-corrected chi connectivity index (χ3v) is 3.47. The summed E-state index contributed by atoms with van der Waals surface area (Å²) in [7, 11) is -0.926. The molecule has 0 radical (unpaired) electrons. The van der Waals surface area contributed by atoms with E-state index >= 15 is 0 Å². The second kappa shape index (κ2) is 6.16. The maximum atomic E-state index is 11.9. The van der Waals surface area contributed by atoms with E-state index in [1.54, 1.807) is 24.5 Å². The maximum Gasteiger partial charge on any atom is 0.251 e. The largest absolute Gasteiger partial charge is 0.399 e. The predicted octanol–water partition coefficient (Wildman–Crippen LogP) is 1.53. The number of anilines is 1. The van der Waals surface area contributed by atoms with Gasteiger partial charge in [-0.2, -0.15) is 0 Å². The van der Waals surface area contributed by atoms with Gasteiger partial charge < -0.3 is 11.1 Å².